The Balaban J connectivity index is 1.37. The fraction of sp³-hybridized carbons (Fsp3) is 0.438. The Morgan fingerprint density at radius 1 is 1.33 bits per heavy atom. The van der Waals surface area contributed by atoms with Gasteiger partial charge in [0.25, 0.3) is 0 Å². The van der Waals surface area contributed by atoms with E-state index in [-0.39, 0.29) is 0 Å². The zero-order valence-electron chi connectivity index (χ0n) is 13.5. The molecule has 0 saturated carbocycles. The van der Waals surface area contributed by atoms with E-state index in [0.717, 1.165) is 37.5 Å². The molecule has 1 N–H and O–H groups in total. The maximum Gasteiger partial charge on any atom is 0.240 e. The van der Waals surface area contributed by atoms with Crippen molar-refractivity contribution in [2.24, 2.45) is 0 Å². The van der Waals surface area contributed by atoms with Gasteiger partial charge in [-0.1, -0.05) is 18.1 Å². The molecule has 0 aliphatic carbocycles. The first kappa shape index (κ1) is 14.9. The molecule has 0 aromatic carbocycles. The van der Waals surface area contributed by atoms with Crippen LogP contribution in [0, 0.1) is 0 Å². The van der Waals surface area contributed by atoms with Gasteiger partial charge in [-0.3, -0.25) is 4.98 Å². The van der Waals surface area contributed by atoms with Gasteiger partial charge in [0.1, 0.15) is 11.5 Å². The molecule has 3 aromatic rings. The molecule has 4 rings (SSSR count). The number of nitrogens with zero attached hydrogens (tertiary/aromatic N) is 6. The quantitative estimate of drug-likeness (QED) is 0.757. The zero-order valence-corrected chi connectivity index (χ0v) is 13.5. The highest BCUT2D eigenvalue weighted by atomic mass is 16.5. The molecule has 0 amide bonds. The van der Waals surface area contributed by atoms with Crippen LogP contribution in [0.1, 0.15) is 30.9 Å². The highest BCUT2D eigenvalue weighted by molar-refractivity contribution is 5.46. The third kappa shape index (κ3) is 3.05. The van der Waals surface area contributed by atoms with Crippen molar-refractivity contribution in [3.63, 3.8) is 0 Å². The standard InChI is InChI=1S/C16H19N7O/c1-2-13-19-14-7-6-11(10-23(14)21-13)18-9-15-20-16(22-24-15)12-5-3-4-8-17-12/h3-5,8,11,18H,2,6-7,9-10H2,1H3. The van der Waals surface area contributed by atoms with Gasteiger partial charge in [0.05, 0.1) is 13.1 Å². The van der Waals surface area contributed by atoms with E-state index < -0.39 is 0 Å². The van der Waals surface area contributed by atoms with E-state index in [1.165, 1.54) is 0 Å². The number of hydrogen-bond donors (Lipinski definition) is 1. The summed E-state index contributed by atoms with van der Waals surface area (Å²) >= 11 is 0. The van der Waals surface area contributed by atoms with Gasteiger partial charge in [-0.2, -0.15) is 10.1 Å². The Bertz CT molecular complexity index is 811. The fourth-order valence-corrected chi connectivity index (χ4v) is 2.83. The molecule has 0 saturated heterocycles. The Hall–Kier alpha value is -2.61. The van der Waals surface area contributed by atoms with Gasteiger partial charge in [0, 0.05) is 25.1 Å². The summed E-state index contributed by atoms with van der Waals surface area (Å²) < 4.78 is 7.31. The van der Waals surface area contributed by atoms with Crippen molar-refractivity contribution >= 4 is 0 Å². The van der Waals surface area contributed by atoms with E-state index in [2.05, 4.69) is 37.4 Å². The van der Waals surface area contributed by atoms with Crippen LogP contribution in [0.25, 0.3) is 11.5 Å². The van der Waals surface area contributed by atoms with Crippen molar-refractivity contribution in [3.8, 4) is 11.5 Å². The van der Waals surface area contributed by atoms with Crippen molar-refractivity contribution in [1.29, 1.82) is 0 Å². The van der Waals surface area contributed by atoms with Gasteiger partial charge in [0.2, 0.25) is 11.7 Å². The summed E-state index contributed by atoms with van der Waals surface area (Å²) in [6, 6.07) is 5.95. The molecule has 0 radical (unpaired) electrons. The number of aryl methyl sites for hydroxylation is 2. The normalized spacial score (nSPS) is 17.0. The summed E-state index contributed by atoms with van der Waals surface area (Å²) in [5.74, 6) is 3.08. The Labute approximate surface area is 139 Å². The van der Waals surface area contributed by atoms with Crippen LogP contribution in [0.2, 0.25) is 0 Å². The van der Waals surface area contributed by atoms with Crippen molar-refractivity contribution in [2.45, 2.75) is 45.3 Å². The molecule has 1 atom stereocenters. The van der Waals surface area contributed by atoms with Crippen LogP contribution < -0.4 is 5.32 Å². The van der Waals surface area contributed by atoms with Crippen LogP contribution in [0.4, 0.5) is 0 Å². The number of hydrogen-bond acceptors (Lipinski definition) is 7. The van der Waals surface area contributed by atoms with Crippen LogP contribution in [0.5, 0.6) is 0 Å². The van der Waals surface area contributed by atoms with Crippen LogP contribution in [0.15, 0.2) is 28.9 Å². The Kier molecular flexibility index (Phi) is 4.04. The average Bonchev–Trinajstić information content (AvgIpc) is 3.27. The highest BCUT2D eigenvalue weighted by Crippen LogP contribution is 2.15. The van der Waals surface area contributed by atoms with Crippen molar-refractivity contribution in [1.82, 2.24) is 35.2 Å². The predicted molar refractivity (Wildman–Crippen MR) is 85.9 cm³/mol. The summed E-state index contributed by atoms with van der Waals surface area (Å²) in [5.41, 5.74) is 0.713. The number of pyridine rings is 1. The lowest BCUT2D eigenvalue weighted by Crippen LogP contribution is -2.37. The van der Waals surface area contributed by atoms with Crippen molar-refractivity contribution < 1.29 is 4.52 Å². The van der Waals surface area contributed by atoms with Gasteiger partial charge >= 0.3 is 0 Å². The Morgan fingerprint density at radius 2 is 2.29 bits per heavy atom. The largest absolute Gasteiger partial charge is 0.337 e. The van der Waals surface area contributed by atoms with Gasteiger partial charge < -0.3 is 9.84 Å². The first-order valence-electron chi connectivity index (χ1n) is 8.22. The highest BCUT2D eigenvalue weighted by Gasteiger charge is 2.21. The predicted octanol–water partition coefficient (Wildman–Crippen LogP) is 1.39. The molecule has 24 heavy (non-hydrogen) atoms. The van der Waals surface area contributed by atoms with E-state index in [1.807, 2.05) is 22.9 Å². The molecule has 0 spiro atoms. The molecule has 4 heterocycles. The number of fused-ring (bicyclic) bond motifs is 1. The minimum Gasteiger partial charge on any atom is -0.337 e. The smallest absolute Gasteiger partial charge is 0.240 e. The van der Waals surface area contributed by atoms with Gasteiger partial charge in [-0.05, 0) is 18.6 Å². The third-order valence-corrected chi connectivity index (χ3v) is 4.12. The first-order chi connectivity index (χ1) is 11.8. The molecule has 124 valence electrons. The molecule has 0 bridgehead atoms. The summed E-state index contributed by atoms with van der Waals surface area (Å²) in [7, 11) is 0. The zero-order chi connectivity index (χ0) is 16.4. The molecular formula is C16H19N7O. The second kappa shape index (κ2) is 6.48. The fourth-order valence-electron chi connectivity index (χ4n) is 2.83. The lowest BCUT2D eigenvalue weighted by Gasteiger charge is -2.22. The average molecular weight is 325 g/mol. The van der Waals surface area contributed by atoms with Crippen LogP contribution in [-0.2, 0) is 25.9 Å². The third-order valence-electron chi connectivity index (χ3n) is 4.12. The van der Waals surface area contributed by atoms with Gasteiger partial charge in [-0.15, -0.1) is 0 Å². The van der Waals surface area contributed by atoms with Crippen LogP contribution in [-0.4, -0.2) is 35.9 Å². The maximum atomic E-state index is 5.30. The molecule has 1 aliphatic rings. The van der Waals surface area contributed by atoms with Crippen molar-refractivity contribution in [2.75, 3.05) is 0 Å². The molecule has 1 unspecified atom stereocenters. The monoisotopic (exact) mass is 325 g/mol. The summed E-state index contributed by atoms with van der Waals surface area (Å²) in [5, 5.41) is 12.0. The van der Waals surface area contributed by atoms with E-state index in [1.54, 1.807) is 6.20 Å². The molecular weight excluding hydrogens is 306 g/mol. The minimum absolute atomic E-state index is 0.328. The van der Waals surface area contributed by atoms with Gasteiger partial charge in [-0.25, -0.2) is 9.67 Å². The van der Waals surface area contributed by atoms with Crippen LogP contribution in [0.3, 0.4) is 0 Å². The Morgan fingerprint density at radius 3 is 3.12 bits per heavy atom. The lowest BCUT2D eigenvalue weighted by molar-refractivity contribution is 0.320. The molecule has 8 nitrogen and oxygen atoms in total. The van der Waals surface area contributed by atoms with Gasteiger partial charge in [0.15, 0.2) is 5.82 Å². The summed E-state index contributed by atoms with van der Waals surface area (Å²) in [4.78, 5) is 13.1. The number of aromatic nitrogens is 6. The van der Waals surface area contributed by atoms with Crippen molar-refractivity contribution in [3.05, 3.63) is 41.9 Å². The molecule has 3 aromatic heterocycles. The maximum absolute atomic E-state index is 5.30. The topological polar surface area (TPSA) is 94.6 Å². The van der Waals surface area contributed by atoms with E-state index in [0.29, 0.717) is 30.0 Å². The summed E-state index contributed by atoms with van der Waals surface area (Å²) in [6.07, 6.45) is 4.55. The van der Waals surface area contributed by atoms with E-state index in [4.69, 9.17) is 4.52 Å². The number of rotatable bonds is 5. The second-order valence-corrected chi connectivity index (χ2v) is 5.82. The molecule has 0 fully saturated rings. The minimum atomic E-state index is 0.328. The summed E-state index contributed by atoms with van der Waals surface area (Å²) in [6.45, 7) is 3.44. The van der Waals surface area contributed by atoms with Crippen LogP contribution >= 0.6 is 0 Å². The second-order valence-electron chi connectivity index (χ2n) is 5.82. The van der Waals surface area contributed by atoms with E-state index >= 15 is 0 Å². The molecule has 8 heteroatoms. The number of nitrogens with one attached hydrogen (secondary N) is 1. The van der Waals surface area contributed by atoms with E-state index in [9.17, 15) is 0 Å². The molecule has 1 aliphatic heterocycles. The SMILES string of the molecule is CCc1nc2n(n1)CC(NCc1nc(-c3ccccn3)no1)CC2. The first-order valence-corrected chi connectivity index (χ1v) is 8.22. The lowest BCUT2D eigenvalue weighted by atomic mass is 10.1.